The molecular formula is C8H13ClO3. The molecule has 0 aromatic rings. The number of esters is 1. The van der Waals surface area contributed by atoms with Crippen LogP contribution in [0.4, 0.5) is 0 Å². The number of hydrogen-bond acceptors (Lipinski definition) is 3. The van der Waals surface area contributed by atoms with E-state index in [-0.39, 0.29) is 0 Å². The third-order valence-electron chi connectivity index (χ3n) is 1.74. The molecule has 4 heteroatoms. The number of rotatable bonds is 5. The number of alkyl halides is 1. The zero-order chi connectivity index (χ0) is 9.61. The normalized spacial score (nSPS) is 14.9. The predicted molar refractivity (Wildman–Crippen MR) is 46.1 cm³/mol. The van der Waals surface area contributed by atoms with Gasteiger partial charge in [-0.2, -0.15) is 0 Å². The highest BCUT2D eigenvalue weighted by molar-refractivity contribution is 6.17. The lowest BCUT2D eigenvalue weighted by Crippen LogP contribution is -2.30. The van der Waals surface area contributed by atoms with Gasteiger partial charge < -0.3 is 9.53 Å². The molecule has 0 heterocycles. The van der Waals surface area contributed by atoms with Crippen molar-refractivity contribution in [1.29, 1.82) is 0 Å². The maximum atomic E-state index is 11.1. The Labute approximate surface area is 77.0 Å². The monoisotopic (exact) mass is 192 g/mol. The van der Waals surface area contributed by atoms with E-state index >= 15 is 0 Å². The number of halogens is 1. The molecule has 1 atom stereocenters. The fraction of sp³-hybridized carbons (Fsp3) is 0.750. The van der Waals surface area contributed by atoms with Crippen molar-refractivity contribution >= 4 is 23.9 Å². The first-order valence-electron chi connectivity index (χ1n) is 3.71. The molecule has 0 amide bonds. The lowest BCUT2D eigenvalue weighted by Gasteiger charge is -2.18. The molecule has 0 aliphatic carbocycles. The summed E-state index contributed by atoms with van der Waals surface area (Å²) in [5.74, 6) is -0.0527. The summed E-state index contributed by atoms with van der Waals surface area (Å²) in [6.07, 6.45) is 1.68. The molecule has 0 N–H and O–H groups in total. The molecule has 12 heavy (non-hydrogen) atoms. The largest absolute Gasteiger partial charge is 0.468 e. The average Bonchev–Trinajstić information content (AvgIpc) is 2.12. The van der Waals surface area contributed by atoms with E-state index in [1.807, 2.05) is 0 Å². The number of carbonyl (C=O) groups excluding carboxylic acids is 2. The first-order chi connectivity index (χ1) is 5.60. The SMILES string of the molecule is COC(=O)C(C)(C=O)CCCCl. The minimum atomic E-state index is -1.02. The quantitative estimate of drug-likeness (QED) is 0.286. The van der Waals surface area contributed by atoms with Gasteiger partial charge in [-0.05, 0) is 19.8 Å². The molecule has 0 saturated carbocycles. The fourth-order valence-electron chi connectivity index (χ4n) is 0.876. The number of methoxy groups -OCH3 is 1. The molecule has 0 fully saturated rings. The Kier molecular flexibility index (Phi) is 4.90. The van der Waals surface area contributed by atoms with Crippen LogP contribution in [0, 0.1) is 5.41 Å². The smallest absolute Gasteiger partial charge is 0.318 e. The minimum absolute atomic E-state index is 0.437. The van der Waals surface area contributed by atoms with Gasteiger partial charge in [-0.15, -0.1) is 11.6 Å². The topological polar surface area (TPSA) is 43.4 Å². The van der Waals surface area contributed by atoms with Crippen molar-refractivity contribution in [2.75, 3.05) is 13.0 Å². The maximum Gasteiger partial charge on any atom is 0.318 e. The van der Waals surface area contributed by atoms with Crippen molar-refractivity contribution in [2.24, 2.45) is 5.41 Å². The summed E-state index contributed by atoms with van der Waals surface area (Å²) in [4.78, 5) is 21.7. The second-order valence-electron chi connectivity index (χ2n) is 2.82. The summed E-state index contributed by atoms with van der Waals surface area (Å²) in [5, 5.41) is 0. The molecule has 0 aliphatic heterocycles. The van der Waals surface area contributed by atoms with Crippen LogP contribution in [0.2, 0.25) is 0 Å². The van der Waals surface area contributed by atoms with E-state index in [9.17, 15) is 9.59 Å². The Balaban J connectivity index is 4.23. The second-order valence-corrected chi connectivity index (χ2v) is 3.20. The molecule has 0 saturated heterocycles. The van der Waals surface area contributed by atoms with Crippen LogP contribution in [0.3, 0.4) is 0 Å². The van der Waals surface area contributed by atoms with Crippen LogP contribution in [0.25, 0.3) is 0 Å². The van der Waals surface area contributed by atoms with Crippen LogP contribution in [0.1, 0.15) is 19.8 Å². The van der Waals surface area contributed by atoms with E-state index in [0.717, 1.165) is 0 Å². The van der Waals surface area contributed by atoms with Crippen LogP contribution >= 0.6 is 11.6 Å². The van der Waals surface area contributed by atoms with Crippen molar-refractivity contribution in [3.63, 3.8) is 0 Å². The summed E-state index contributed by atoms with van der Waals surface area (Å²) in [6, 6.07) is 0. The van der Waals surface area contributed by atoms with Crippen LogP contribution < -0.4 is 0 Å². The standard InChI is InChI=1S/C8H13ClO3/c1-8(6-10,4-3-5-9)7(11)12-2/h6H,3-5H2,1-2H3. The van der Waals surface area contributed by atoms with Gasteiger partial charge in [0, 0.05) is 5.88 Å². The van der Waals surface area contributed by atoms with E-state index in [2.05, 4.69) is 4.74 Å². The van der Waals surface area contributed by atoms with Crippen molar-refractivity contribution in [2.45, 2.75) is 19.8 Å². The zero-order valence-electron chi connectivity index (χ0n) is 7.30. The molecule has 0 aromatic carbocycles. The van der Waals surface area contributed by atoms with Gasteiger partial charge in [-0.1, -0.05) is 0 Å². The first-order valence-corrected chi connectivity index (χ1v) is 4.25. The van der Waals surface area contributed by atoms with E-state index in [1.165, 1.54) is 7.11 Å². The Morgan fingerprint density at radius 2 is 2.25 bits per heavy atom. The number of hydrogen-bond donors (Lipinski definition) is 0. The number of ether oxygens (including phenoxy) is 1. The lowest BCUT2D eigenvalue weighted by atomic mass is 9.87. The molecular weight excluding hydrogens is 180 g/mol. The summed E-state index contributed by atoms with van der Waals surface area (Å²) < 4.78 is 4.49. The third-order valence-corrected chi connectivity index (χ3v) is 2.01. The van der Waals surface area contributed by atoms with Crippen molar-refractivity contribution in [1.82, 2.24) is 0 Å². The van der Waals surface area contributed by atoms with Gasteiger partial charge in [-0.3, -0.25) is 4.79 Å². The predicted octanol–water partition coefficient (Wildman–Crippen LogP) is 1.38. The first kappa shape index (κ1) is 11.4. The molecule has 0 aliphatic rings. The van der Waals surface area contributed by atoms with Crippen molar-refractivity contribution < 1.29 is 14.3 Å². The molecule has 0 rings (SSSR count). The molecule has 0 aromatic heterocycles. The van der Waals surface area contributed by atoms with Gasteiger partial charge in [0.15, 0.2) is 0 Å². The molecule has 0 radical (unpaired) electrons. The highest BCUT2D eigenvalue weighted by Gasteiger charge is 2.33. The van der Waals surface area contributed by atoms with Crippen molar-refractivity contribution in [3.8, 4) is 0 Å². The fourth-order valence-corrected chi connectivity index (χ4v) is 1.01. The average molecular weight is 193 g/mol. The van der Waals surface area contributed by atoms with Gasteiger partial charge in [0.1, 0.15) is 11.7 Å². The summed E-state index contributed by atoms with van der Waals surface area (Å²) in [5.41, 5.74) is -1.02. The lowest BCUT2D eigenvalue weighted by molar-refractivity contribution is -0.153. The van der Waals surface area contributed by atoms with Crippen molar-refractivity contribution in [3.05, 3.63) is 0 Å². The highest BCUT2D eigenvalue weighted by atomic mass is 35.5. The Morgan fingerprint density at radius 1 is 1.67 bits per heavy atom. The molecule has 70 valence electrons. The zero-order valence-corrected chi connectivity index (χ0v) is 8.06. The summed E-state index contributed by atoms with van der Waals surface area (Å²) in [6.45, 7) is 1.55. The number of carbonyl (C=O) groups is 2. The maximum absolute atomic E-state index is 11.1. The number of aldehydes is 1. The van der Waals surface area contributed by atoms with Crippen LogP contribution in [-0.4, -0.2) is 25.2 Å². The van der Waals surface area contributed by atoms with Gasteiger partial charge in [-0.25, -0.2) is 0 Å². The Bertz CT molecular complexity index is 170. The second kappa shape index (κ2) is 5.14. The molecule has 0 spiro atoms. The van der Waals surface area contributed by atoms with Gasteiger partial charge in [0.2, 0.25) is 0 Å². The Hall–Kier alpha value is -0.570. The van der Waals surface area contributed by atoms with Crippen LogP contribution in [0.15, 0.2) is 0 Å². The van der Waals surface area contributed by atoms with Gasteiger partial charge >= 0.3 is 5.97 Å². The van der Waals surface area contributed by atoms with Gasteiger partial charge in [0.25, 0.3) is 0 Å². The molecule has 0 bridgehead atoms. The van der Waals surface area contributed by atoms with E-state index in [4.69, 9.17) is 11.6 Å². The van der Waals surface area contributed by atoms with E-state index in [1.54, 1.807) is 6.92 Å². The van der Waals surface area contributed by atoms with Crippen LogP contribution in [0.5, 0.6) is 0 Å². The molecule has 3 nitrogen and oxygen atoms in total. The van der Waals surface area contributed by atoms with Crippen LogP contribution in [-0.2, 0) is 14.3 Å². The summed E-state index contributed by atoms with van der Waals surface area (Å²) in [7, 11) is 1.27. The Morgan fingerprint density at radius 3 is 2.58 bits per heavy atom. The molecule has 1 unspecified atom stereocenters. The summed E-state index contributed by atoms with van der Waals surface area (Å²) >= 11 is 5.44. The highest BCUT2D eigenvalue weighted by Crippen LogP contribution is 2.22. The minimum Gasteiger partial charge on any atom is -0.468 e. The van der Waals surface area contributed by atoms with E-state index in [0.29, 0.717) is 25.0 Å². The third kappa shape index (κ3) is 2.81. The van der Waals surface area contributed by atoms with Gasteiger partial charge in [0.05, 0.1) is 7.11 Å². The van der Waals surface area contributed by atoms with E-state index < -0.39 is 11.4 Å².